The molecular weight excluding hydrogens is 384 g/mol. The van der Waals surface area contributed by atoms with Crippen LogP contribution in [0.25, 0.3) is 0 Å². The molecule has 1 aliphatic rings. The number of nitrogens with zero attached hydrogens (tertiary/aromatic N) is 2. The number of urea groups is 1. The van der Waals surface area contributed by atoms with Crippen LogP contribution in [-0.2, 0) is 16.0 Å². The van der Waals surface area contributed by atoms with Crippen molar-refractivity contribution in [2.24, 2.45) is 0 Å². The highest BCUT2D eigenvalue weighted by molar-refractivity contribution is 6.01. The van der Waals surface area contributed by atoms with Gasteiger partial charge in [-0.15, -0.1) is 0 Å². The second-order valence-electron chi connectivity index (χ2n) is 7.05. The number of hydrogen-bond acceptors (Lipinski definition) is 5. The van der Waals surface area contributed by atoms with Gasteiger partial charge in [-0.2, -0.15) is 0 Å². The number of anilines is 1. The largest absolute Gasteiger partial charge is 0.497 e. The molecule has 8 heteroatoms. The van der Waals surface area contributed by atoms with Gasteiger partial charge < -0.3 is 15.0 Å². The smallest absolute Gasteiger partial charge is 0.325 e. The molecular formula is C22H26N4O4. The molecule has 0 radical (unpaired) electrons. The highest BCUT2D eigenvalue weighted by Crippen LogP contribution is 2.14. The van der Waals surface area contributed by atoms with Crippen molar-refractivity contribution in [3.05, 3.63) is 60.2 Å². The van der Waals surface area contributed by atoms with Crippen molar-refractivity contribution in [1.82, 2.24) is 15.1 Å². The summed E-state index contributed by atoms with van der Waals surface area (Å²) in [7, 11) is 1.60. The lowest BCUT2D eigenvalue weighted by Gasteiger charge is -2.34. The first-order valence-electron chi connectivity index (χ1n) is 9.82. The van der Waals surface area contributed by atoms with Gasteiger partial charge in [-0.1, -0.05) is 30.3 Å². The average molecular weight is 410 g/mol. The van der Waals surface area contributed by atoms with E-state index in [1.807, 2.05) is 35.2 Å². The normalized spacial score (nSPS) is 14.1. The van der Waals surface area contributed by atoms with Gasteiger partial charge in [0, 0.05) is 31.9 Å². The van der Waals surface area contributed by atoms with E-state index in [9.17, 15) is 14.4 Å². The van der Waals surface area contributed by atoms with Gasteiger partial charge in [0.1, 0.15) is 5.75 Å². The molecule has 8 nitrogen and oxygen atoms in total. The molecule has 2 aromatic carbocycles. The van der Waals surface area contributed by atoms with Crippen LogP contribution in [0, 0.1) is 0 Å². The van der Waals surface area contributed by atoms with Crippen LogP contribution in [0.1, 0.15) is 5.56 Å². The Balaban J connectivity index is 1.39. The minimum Gasteiger partial charge on any atom is -0.497 e. The van der Waals surface area contributed by atoms with Gasteiger partial charge in [0.05, 0.1) is 20.1 Å². The third kappa shape index (κ3) is 6.31. The Morgan fingerprint density at radius 1 is 0.967 bits per heavy atom. The van der Waals surface area contributed by atoms with Gasteiger partial charge in [0.15, 0.2) is 0 Å². The molecule has 0 unspecified atom stereocenters. The van der Waals surface area contributed by atoms with E-state index in [4.69, 9.17) is 4.74 Å². The zero-order valence-electron chi connectivity index (χ0n) is 17.0. The Morgan fingerprint density at radius 3 is 2.40 bits per heavy atom. The number of carbonyl (C=O) groups excluding carboxylic acids is 3. The highest BCUT2D eigenvalue weighted by Gasteiger charge is 2.23. The lowest BCUT2D eigenvalue weighted by Crippen LogP contribution is -2.52. The topological polar surface area (TPSA) is 91.0 Å². The van der Waals surface area contributed by atoms with E-state index in [1.54, 1.807) is 36.3 Å². The quantitative estimate of drug-likeness (QED) is 0.757. The van der Waals surface area contributed by atoms with Crippen molar-refractivity contribution >= 4 is 23.5 Å². The van der Waals surface area contributed by atoms with Crippen molar-refractivity contribution < 1.29 is 19.1 Å². The first-order chi connectivity index (χ1) is 14.5. The molecule has 1 aliphatic heterocycles. The number of amides is 4. The van der Waals surface area contributed by atoms with Crippen LogP contribution < -0.4 is 15.4 Å². The van der Waals surface area contributed by atoms with E-state index >= 15 is 0 Å². The molecule has 30 heavy (non-hydrogen) atoms. The van der Waals surface area contributed by atoms with Gasteiger partial charge >= 0.3 is 6.03 Å². The monoisotopic (exact) mass is 410 g/mol. The zero-order chi connectivity index (χ0) is 21.3. The zero-order valence-corrected chi connectivity index (χ0v) is 17.0. The molecule has 2 N–H and O–H groups in total. The molecule has 0 atom stereocenters. The predicted octanol–water partition coefficient (Wildman–Crippen LogP) is 1.73. The second-order valence-corrected chi connectivity index (χ2v) is 7.05. The number of carbonyl (C=O) groups is 3. The average Bonchev–Trinajstić information content (AvgIpc) is 2.75. The molecule has 1 heterocycles. The number of nitrogens with one attached hydrogen (secondary N) is 2. The molecule has 0 spiro atoms. The molecule has 3 rings (SSSR count). The van der Waals surface area contributed by atoms with Crippen molar-refractivity contribution in [3.63, 3.8) is 0 Å². The minimum atomic E-state index is -0.557. The maximum absolute atomic E-state index is 12.5. The number of para-hydroxylation sites is 1. The van der Waals surface area contributed by atoms with Crippen molar-refractivity contribution in [3.8, 4) is 5.75 Å². The molecule has 158 valence electrons. The van der Waals surface area contributed by atoms with Gasteiger partial charge in [-0.05, 0) is 29.8 Å². The lowest BCUT2D eigenvalue weighted by atomic mass is 10.1. The Morgan fingerprint density at radius 2 is 1.70 bits per heavy atom. The van der Waals surface area contributed by atoms with Gasteiger partial charge in [-0.3, -0.25) is 19.8 Å². The Labute approximate surface area is 175 Å². The number of methoxy groups -OCH3 is 1. The molecule has 0 aromatic heterocycles. The molecule has 1 saturated heterocycles. The SMILES string of the molecule is COc1cccc(CC(=O)N2CCN(CC(=O)NC(=O)Nc3ccccc3)CC2)c1. The number of rotatable bonds is 6. The van der Waals surface area contributed by atoms with Crippen LogP contribution in [0.5, 0.6) is 5.75 Å². The fourth-order valence-electron chi connectivity index (χ4n) is 3.28. The van der Waals surface area contributed by atoms with E-state index < -0.39 is 6.03 Å². The summed E-state index contributed by atoms with van der Waals surface area (Å²) in [5, 5.41) is 4.94. The highest BCUT2D eigenvalue weighted by atomic mass is 16.5. The number of benzene rings is 2. The summed E-state index contributed by atoms with van der Waals surface area (Å²) >= 11 is 0. The number of ether oxygens (including phenoxy) is 1. The fraction of sp³-hybridized carbons (Fsp3) is 0.318. The Kier molecular flexibility index (Phi) is 7.40. The third-order valence-electron chi connectivity index (χ3n) is 4.87. The Bertz CT molecular complexity index is 880. The summed E-state index contributed by atoms with van der Waals surface area (Å²) in [6, 6.07) is 15.8. The number of piperazine rings is 1. The van der Waals surface area contributed by atoms with E-state index in [1.165, 1.54) is 0 Å². The fourth-order valence-corrected chi connectivity index (χ4v) is 3.28. The van der Waals surface area contributed by atoms with Crippen LogP contribution in [0.4, 0.5) is 10.5 Å². The maximum atomic E-state index is 12.5. The van der Waals surface area contributed by atoms with Gasteiger partial charge in [-0.25, -0.2) is 4.79 Å². The van der Waals surface area contributed by atoms with Crippen molar-refractivity contribution in [2.75, 3.05) is 45.2 Å². The second kappa shape index (κ2) is 10.4. The molecule has 2 aromatic rings. The molecule has 4 amide bonds. The van der Waals surface area contributed by atoms with Crippen LogP contribution in [-0.4, -0.2) is 67.5 Å². The summed E-state index contributed by atoms with van der Waals surface area (Å²) in [6.07, 6.45) is 0.317. The predicted molar refractivity (Wildman–Crippen MR) is 113 cm³/mol. The van der Waals surface area contributed by atoms with E-state index in [2.05, 4.69) is 10.6 Å². The van der Waals surface area contributed by atoms with E-state index in [-0.39, 0.29) is 18.4 Å². The van der Waals surface area contributed by atoms with Crippen LogP contribution in [0.3, 0.4) is 0 Å². The molecule has 0 saturated carbocycles. The first-order valence-corrected chi connectivity index (χ1v) is 9.82. The molecule has 0 bridgehead atoms. The van der Waals surface area contributed by atoms with Gasteiger partial charge in [0.25, 0.3) is 0 Å². The maximum Gasteiger partial charge on any atom is 0.325 e. The first kappa shape index (κ1) is 21.3. The number of imide groups is 1. The van der Waals surface area contributed by atoms with Crippen LogP contribution >= 0.6 is 0 Å². The third-order valence-corrected chi connectivity index (χ3v) is 4.87. The Hall–Kier alpha value is -3.39. The molecule has 1 fully saturated rings. The van der Waals surface area contributed by atoms with E-state index in [0.29, 0.717) is 38.3 Å². The van der Waals surface area contributed by atoms with Crippen LogP contribution in [0.15, 0.2) is 54.6 Å². The number of hydrogen-bond donors (Lipinski definition) is 2. The summed E-state index contributed by atoms with van der Waals surface area (Å²) in [4.78, 5) is 40.3. The van der Waals surface area contributed by atoms with Crippen molar-refractivity contribution in [1.29, 1.82) is 0 Å². The molecule has 0 aliphatic carbocycles. The van der Waals surface area contributed by atoms with Crippen molar-refractivity contribution in [2.45, 2.75) is 6.42 Å². The standard InChI is InChI=1S/C22H26N4O4/c1-30-19-9-5-6-17(14-19)15-21(28)26-12-10-25(11-13-26)16-20(27)24-22(29)23-18-7-3-2-4-8-18/h2-9,14H,10-13,15-16H2,1H3,(H2,23,24,27,29). The summed E-state index contributed by atoms with van der Waals surface area (Å²) in [6.45, 7) is 2.37. The lowest BCUT2D eigenvalue weighted by molar-refractivity contribution is -0.132. The summed E-state index contributed by atoms with van der Waals surface area (Å²) in [5.74, 6) is 0.404. The summed E-state index contributed by atoms with van der Waals surface area (Å²) < 4.78 is 5.20. The summed E-state index contributed by atoms with van der Waals surface area (Å²) in [5.41, 5.74) is 1.52. The van der Waals surface area contributed by atoms with E-state index in [0.717, 1.165) is 11.3 Å². The van der Waals surface area contributed by atoms with Gasteiger partial charge in [0.2, 0.25) is 11.8 Å². The minimum absolute atomic E-state index is 0.0505. The van der Waals surface area contributed by atoms with Crippen LogP contribution in [0.2, 0.25) is 0 Å².